The molecule has 0 bridgehead atoms. The zero-order valence-corrected chi connectivity index (χ0v) is 19.5. The fourth-order valence-corrected chi connectivity index (χ4v) is 3.69. The number of carbonyl (C=O) groups excluding carboxylic acids is 3. The van der Waals surface area contributed by atoms with Crippen LogP contribution in [-0.2, 0) is 33.3 Å². The molecule has 10 heteroatoms. The SMILES string of the molecule is CSC1CCC(NC(=O)OCCOCCOCCOCCOC(=O)CCC(C)=O)CC1. The summed E-state index contributed by atoms with van der Waals surface area (Å²) in [5, 5.41) is 3.63. The van der Waals surface area contributed by atoms with Gasteiger partial charge in [0.1, 0.15) is 19.0 Å². The number of hydrogen-bond acceptors (Lipinski definition) is 9. The predicted molar refractivity (Wildman–Crippen MR) is 117 cm³/mol. The summed E-state index contributed by atoms with van der Waals surface area (Å²) in [6.07, 6.45) is 6.34. The first-order valence-corrected chi connectivity index (χ1v) is 12.1. The Morgan fingerprint density at radius 3 is 1.81 bits per heavy atom. The van der Waals surface area contributed by atoms with Crippen LogP contribution in [0.5, 0.6) is 0 Å². The third-order valence-corrected chi connectivity index (χ3v) is 5.84. The van der Waals surface area contributed by atoms with Crippen molar-refractivity contribution in [1.82, 2.24) is 5.32 Å². The highest BCUT2D eigenvalue weighted by molar-refractivity contribution is 7.99. The molecule has 1 N–H and O–H groups in total. The normalized spacial score (nSPS) is 18.4. The lowest BCUT2D eigenvalue weighted by atomic mass is 9.95. The largest absolute Gasteiger partial charge is 0.463 e. The molecular weight excluding hydrogens is 426 g/mol. The van der Waals surface area contributed by atoms with Crippen LogP contribution in [0.25, 0.3) is 0 Å². The molecule has 1 amide bonds. The topological polar surface area (TPSA) is 109 Å². The van der Waals surface area contributed by atoms with Crippen molar-refractivity contribution in [1.29, 1.82) is 0 Å². The Balaban J connectivity index is 1.80. The molecule has 0 aliphatic heterocycles. The van der Waals surface area contributed by atoms with Crippen molar-refractivity contribution < 1.29 is 38.1 Å². The summed E-state index contributed by atoms with van der Waals surface area (Å²) in [4.78, 5) is 33.8. The molecule has 1 aliphatic carbocycles. The van der Waals surface area contributed by atoms with Gasteiger partial charge in [0.05, 0.1) is 46.1 Å². The molecule has 1 aliphatic rings. The molecule has 0 saturated heterocycles. The Bertz CT molecular complexity index is 512. The summed E-state index contributed by atoms with van der Waals surface area (Å²) in [6, 6.07) is 0.214. The number of hydrogen-bond donors (Lipinski definition) is 1. The van der Waals surface area contributed by atoms with Crippen molar-refractivity contribution in [3.05, 3.63) is 0 Å². The number of carbonyl (C=O) groups is 3. The number of ketones is 1. The van der Waals surface area contributed by atoms with Crippen LogP contribution in [0.2, 0.25) is 0 Å². The number of thioether (sulfide) groups is 1. The maximum Gasteiger partial charge on any atom is 0.407 e. The molecule has 0 aromatic rings. The fraction of sp³-hybridized carbons (Fsp3) is 0.857. The quantitative estimate of drug-likeness (QED) is 0.257. The second kappa shape index (κ2) is 18.2. The van der Waals surface area contributed by atoms with Crippen LogP contribution in [0.4, 0.5) is 4.79 Å². The van der Waals surface area contributed by atoms with Gasteiger partial charge in [-0.15, -0.1) is 0 Å². The molecule has 0 atom stereocenters. The van der Waals surface area contributed by atoms with E-state index in [1.807, 2.05) is 11.8 Å². The molecule has 0 heterocycles. The van der Waals surface area contributed by atoms with Gasteiger partial charge in [-0.05, 0) is 38.9 Å². The van der Waals surface area contributed by atoms with E-state index in [1.165, 1.54) is 6.92 Å². The van der Waals surface area contributed by atoms with Crippen LogP contribution >= 0.6 is 11.8 Å². The van der Waals surface area contributed by atoms with Gasteiger partial charge in [-0.25, -0.2) is 4.79 Å². The van der Waals surface area contributed by atoms with Gasteiger partial charge >= 0.3 is 12.1 Å². The molecule has 1 fully saturated rings. The first-order chi connectivity index (χ1) is 15.0. The van der Waals surface area contributed by atoms with Crippen LogP contribution in [0.1, 0.15) is 45.4 Å². The second-order valence-corrected chi connectivity index (χ2v) is 8.39. The van der Waals surface area contributed by atoms with Crippen molar-refractivity contribution in [2.45, 2.75) is 56.7 Å². The van der Waals surface area contributed by atoms with Crippen LogP contribution in [-0.4, -0.2) is 88.2 Å². The Kier molecular flexibility index (Phi) is 16.3. The molecule has 1 saturated carbocycles. The molecule has 0 aromatic heterocycles. The molecule has 31 heavy (non-hydrogen) atoms. The third-order valence-electron chi connectivity index (χ3n) is 4.71. The van der Waals surface area contributed by atoms with E-state index in [0.717, 1.165) is 25.7 Å². The van der Waals surface area contributed by atoms with E-state index in [9.17, 15) is 14.4 Å². The molecule has 1 rings (SSSR count). The monoisotopic (exact) mass is 463 g/mol. The van der Waals surface area contributed by atoms with E-state index < -0.39 is 5.97 Å². The van der Waals surface area contributed by atoms with E-state index in [0.29, 0.717) is 38.3 Å². The zero-order chi connectivity index (χ0) is 22.7. The minimum absolute atomic E-state index is 0.0357. The summed E-state index contributed by atoms with van der Waals surface area (Å²) in [7, 11) is 0. The fourth-order valence-electron chi connectivity index (χ4n) is 2.95. The molecule has 0 radical (unpaired) electrons. The van der Waals surface area contributed by atoms with Gasteiger partial charge in [0.2, 0.25) is 0 Å². The van der Waals surface area contributed by atoms with Crippen molar-refractivity contribution in [2.75, 3.05) is 59.1 Å². The van der Waals surface area contributed by atoms with Crippen molar-refractivity contribution in [2.24, 2.45) is 0 Å². The Labute approximate surface area is 189 Å². The van der Waals surface area contributed by atoms with Crippen molar-refractivity contribution in [3.63, 3.8) is 0 Å². The number of ether oxygens (including phenoxy) is 5. The van der Waals surface area contributed by atoms with Crippen LogP contribution in [0, 0.1) is 0 Å². The summed E-state index contributed by atoms with van der Waals surface area (Å²) < 4.78 is 26.0. The molecule has 0 unspecified atom stereocenters. The smallest absolute Gasteiger partial charge is 0.407 e. The van der Waals surface area contributed by atoms with Crippen molar-refractivity contribution >= 4 is 29.6 Å². The second-order valence-electron chi connectivity index (χ2n) is 7.25. The maximum atomic E-state index is 11.8. The Morgan fingerprint density at radius 1 is 0.774 bits per heavy atom. The number of amides is 1. The zero-order valence-electron chi connectivity index (χ0n) is 18.7. The van der Waals surface area contributed by atoms with Gasteiger partial charge in [-0.2, -0.15) is 11.8 Å². The molecule has 0 aromatic carbocycles. The standard InChI is InChI=1S/C21H37NO8S/c1-17(23)3-8-20(24)29-15-13-27-11-9-26-10-12-28-14-16-30-21(25)22-18-4-6-19(31-2)7-5-18/h18-19H,3-16H2,1-2H3,(H,22,25). The van der Waals surface area contributed by atoms with Gasteiger partial charge in [-0.3, -0.25) is 4.79 Å². The lowest BCUT2D eigenvalue weighted by molar-refractivity contribution is -0.146. The van der Waals surface area contributed by atoms with Gasteiger partial charge in [0.15, 0.2) is 0 Å². The third kappa shape index (κ3) is 16.0. The minimum Gasteiger partial charge on any atom is -0.463 e. The number of alkyl carbamates (subject to hydrolysis) is 1. The van der Waals surface area contributed by atoms with Crippen molar-refractivity contribution in [3.8, 4) is 0 Å². The highest BCUT2D eigenvalue weighted by Crippen LogP contribution is 2.26. The lowest BCUT2D eigenvalue weighted by Gasteiger charge is -2.27. The van der Waals surface area contributed by atoms with Gasteiger partial charge < -0.3 is 33.8 Å². The molecule has 180 valence electrons. The first-order valence-electron chi connectivity index (χ1n) is 10.9. The Morgan fingerprint density at radius 2 is 1.29 bits per heavy atom. The maximum absolute atomic E-state index is 11.8. The van der Waals surface area contributed by atoms with Gasteiger partial charge in [0, 0.05) is 17.7 Å². The molecular formula is C21H37NO8S. The highest BCUT2D eigenvalue weighted by atomic mass is 32.2. The summed E-state index contributed by atoms with van der Waals surface area (Å²) in [5.41, 5.74) is 0. The van der Waals surface area contributed by atoms with E-state index >= 15 is 0 Å². The van der Waals surface area contributed by atoms with Crippen LogP contribution < -0.4 is 5.32 Å². The highest BCUT2D eigenvalue weighted by Gasteiger charge is 2.22. The summed E-state index contributed by atoms with van der Waals surface area (Å²) in [5.74, 6) is -0.432. The van der Waals surface area contributed by atoms with E-state index in [1.54, 1.807) is 0 Å². The van der Waals surface area contributed by atoms with Gasteiger partial charge in [-0.1, -0.05) is 0 Å². The number of esters is 1. The average Bonchev–Trinajstić information content (AvgIpc) is 2.76. The first kappa shape index (κ1) is 27.7. The van der Waals surface area contributed by atoms with Gasteiger partial charge in [0.25, 0.3) is 0 Å². The van der Waals surface area contributed by atoms with E-state index in [4.69, 9.17) is 23.7 Å². The number of nitrogens with one attached hydrogen (secondary N) is 1. The van der Waals surface area contributed by atoms with E-state index in [2.05, 4.69) is 11.6 Å². The van der Waals surface area contributed by atoms with Crippen LogP contribution in [0.15, 0.2) is 0 Å². The summed E-state index contributed by atoms with van der Waals surface area (Å²) in [6.45, 7) is 4.00. The summed E-state index contributed by atoms with van der Waals surface area (Å²) >= 11 is 1.90. The van der Waals surface area contributed by atoms with E-state index in [-0.39, 0.29) is 50.6 Å². The lowest BCUT2D eigenvalue weighted by Crippen LogP contribution is -2.38. The molecule has 9 nitrogen and oxygen atoms in total. The number of rotatable bonds is 17. The molecule has 0 spiro atoms. The predicted octanol–water partition coefficient (Wildman–Crippen LogP) is 2.35. The minimum atomic E-state index is -0.396. The number of Topliss-reactive ketones (excluding diaryl/α,β-unsaturated/α-hetero) is 1. The Hall–Kier alpha value is -1.36. The average molecular weight is 464 g/mol. The van der Waals surface area contributed by atoms with Crippen LogP contribution in [0.3, 0.4) is 0 Å².